The fourth-order valence-corrected chi connectivity index (χ4v) is 3.57. The molecule has 0 atom stereocenters. The predicted molar refractivity (Wildman–Crippen MR) is 129 cm³/mol. The number of hydrogen-bond acceptors (Lipinski definition) is 8. The molecule has 0 unspecified atom stereocenters. The van der Waals surface area contributed by atoms with E-state index >= 15 is 0 Å². The molecule has 1 amide bonds. The van der Waals surface area contributed by atoms with Crippen LogP contribution in [0.2, 0.25) is 0 Å². The Bertz CT molecular complexity index is 1510. The van der Waals surface area contributed by atoms with Gasteiger partial charge in [-0.05, 0) is 50.6 Å². The molecule has 0 spiro atoms. The molecule has 11 heteroatoms. The number of halogens is 1. The first kappa shape index (κ1) is 25.2. The Labute approximate surface area is 211 Å². The Kier molecular flexibility index (Phi) is 6.81. The average Bonchev–Trinajstić information content (AvgIpc) is 3.27. The van der Waals surface area contributed by atoms with Gasteiger partial charge in [0, 0.05) is 25.2 Å². The maximum Gasteiger partial charge on any atom is 0.416 e. The summed E-state index contributed by atoms with van der Waals surface area (Å²) in [4.78, 5) is 30.3. The van der Waals surface area contributed by atoms with Crippen molar-refractivity contribution in [2.24, 2.45) is 0 Å². The van der Waals surface area contributed by atoms with Crippen molar-refractivity contribution in [3.8, 4) is 29.5 Å². The molecule has 0 saturated carbocycles. The molecule has 0 saturated heterocycles. The number of benzene rings is 2. The number of carbonyl (C=O) groups excluding carboxylic acids is 1. The minimum atomic E-state index is -0.730. The van der Waals surface area contributed by atoms with Crippen LogP contribution in [0.5, 0.6) is 17.4 Å². The highest BCUT2D eigenvalue weighted by molar-refractivity contribution is 5.87. The van der Waals surface area contributed by atoms with E-state index in [0.717, 1.165) is 6.07 Å². The van der Waals surface area contributed by atoms with Gasteiger partial charge in [0.25, 0.3) is 0 Å². The van der Waals surface area contributed by atoms with Crippen molar-refractivity contribution in [3.63, 3.8) is 0 Å². The molecule has 0 N–H and O–H groups in total. The second-order valence-corrected chi connectivity index (χ2v) is 9.11. The summed E-state index contributed by atoms with van der Waals surface area (Å²) in [6, 6.07) is 13.7. The van der Waals surface area contributed by atoms with E-state index in [2.05, 4.69) is 4.98 Å². The lowest BCUT2D eigenvalue weighted by Crippen LogP contribution is -2.36. The Hall–Kier alpha value is -4.90. The lowest BCUT2D eigenvalue weighted by atomic mass is 10.1. The molecule has 3 aromatic rings. The van der Waals surface area contributed by atoms with Crippen molar-refractivity contribution >= 4 is 11.9 Å². The largest absolute Gasteiger partial charge is 0.473 e. The van der Waals surface area contributed by atoms with E-state index in [-0.39, 0.29) is 48.2 Å². The fraction of sp³-hybridized carbons (Fsp3) is 0.269. The number of anilines is 1. The van der Waals surface area contributed by atoms with Crippen LogP contribution in [-0.2, 0) is 17.9 Å². The number of carbonyl (C=O) groups is 1. The third-order valence-corrected chi connectivity index (χ3v) is 5.24. The Morgan fingerprint density at radius 1 is 1.08 bits per heavy atom. The molecule has 188 valence electrons. The van der Waals surface area contributed by atoms with Gasteiger partial charge in [-0.15, -0.1) is 0 Å². The van der Waals surface area contributed by atoms with Crippen LogP contribution in [0, 0.1) is 28.5 Å². The molecule has 2 aromatic carbocycles. The zero-order valence-electron chi connectivity index (χ0n) is 20.3. The number of nitrogens with zero attached hydrogens (tertiary/aromatic N) is 5. The molecule has 10 nitrogen and oxygen atoms in total. The van der Waals surface area contributed by atoms with Crippen LogP contribution in [0.1, 0.15) is 37.5 Å². The maximum atomic E-state index is 13.9. The van der Waals surface area contributed by atoms with Gasteiger partial charge in [-0.1, -0.05) is 6.07 Å². The SMILES string of the molecule is CC(C)(C)OC(=O)N1CCn2c1cc(OCc1ccc(Oc3ccc(C#N)c(F)c3)c(C#N)c1)nc2=O. The van der Waals surface area contributed by atoms with Crippen LogP contribution in [0.3, 0.4) is 0 Å². The first-order chi connectivity index (χ1) is 17.6. The van der Waals surface area contributed by atoms with E-state index in [1.165, 1.54) is 39.8 Å². The molecule has 0 fully saturated rings. The third kappa shape index (κ3) is 5.68. The summed E-state index contributed by atoms with van der Waals surface area (Å²) in [6.07, 6.45) is -0.577. The van der Waals surface area contributed by atoms with Gasteiger partial charge < -0.3 is 14.2 Å². The second-order valence-electron chi connectivity index (χ2n) is 9.11. The smallest absolute Gasteiger partial charge is 0.416 e. The number of ether oxygens (including phenoxy) is 3. The number of nitriles is 2. The van der Waals surface area contributed by atoms with E-state index in [4.69, 9.17) is 19.5 Å². The first-order valence-electron chi connectivity index (χ1n) is 11.2. The minimum absolute atomic E-state index is 0.0126. The molecule has 1 aliphatic heterocycles. The molecule has 1 aromatic heterocycles. The van der Waals surface area contributed by atoms with Crippen molar-refractivity contribution in [1.82, 2.24) is 9.55 Å². The number of rotatable bonds is 5. The van der Waals surface area contributed by atoms with Gasteiger partial charge in [-0.2, -0.15) is 15.5 Å². The van der Waals surface area contributed by atoms with Crippen LogP contribution >= 0.6 is 0 Å². The van der Waals surface area contributed by atoms with Crippen molar-refractivity contribution < 1.29 is 23.4 Å². The quantitative estimate of drug-likeness (QED) is 0.505. The monoisotopic (exact) mass is 503 g/mol. The van der Waals surface area contributed by atoms with Crippen LogP contribution in [0.25, 0.3) is 0 Å². The normalized spacial score (nSPS) is 12.3. The average molecular weight is 503 g/mol. The van der Waals surface area contributed by atoms with Crippen LogP contribution < -0.4 is 20.1 Å². The Morgan fingerprint density at radius 2 is 1.84 bits per heavy atom. The summed E-state index contributed by atoms with van der Waals surface area (Å²) in [5.41, 5.74) is -0.617. The fourth-order valence-electron chi connectivity index (χ4n) is 3.57. The van der Waals surface area contributed by atoms with E-state index in [9.17, 15) is 19.2 Å². The summed E-state index contributed by atoms with van der Waals surface area (Å²) in [7, 11) is 0. The summed E-state index contributed by atoms with van der Waals surface area (Å²) >= 11 is 0. The van der Waals surface area contributed by atoms with Gasteiger partial charge in [0.15, 0.2) is 0 Å². The highest BCUT2D eigenvalue weighted by atomic mass is 19.1. The summed E-state index contributed by atoms with van der Waals surface area (Å²) in [5, 5.41) is 18.4. The van der Waals surface area contributed by atoms with Gasteiger partial charge in [0.1, 0.15) is 47.5 Å². The van der Waals surface area contributed by atoms with E-state index < -0.39 is 23.2 Å². The van der Waals surface area contributed by atoms with Gasteiger partial charge >= 0.3 is 11.8 Å². The first-order valence-corrected chi connectivity index (χ1v) is 11.2. The third-order valence-electron chi connectivity index (χ3n) is 5.24. The molecule has 2 heterocycles. The van der Waals surface area contributed by atoms with Crippen molar-refractivity contribution in [2.45, 2.75) is 39.5 Å². The number of fused-ring (bicyclic) bond motifs is 1. The van der Waals surface area contributed by atoms with E-state index in [1.807, 2.05) is 6.07 Å². The second kappa shape index (κ2) is 9.99. The predicted octanol–water partition coefficient (Wildman–Crippen LogP) is 4.25. The summed E-state index contributed by atoms with van der Waals surface area (Å²) in [6.45, 7) is 5.79. The molecular formula is C26H22FN5O5. The lowest BCUT2D eigenvalue weighted by molar-refractivity contribution is 0.0584. The van der Waals surface area contributed by atoms with Crippen molar-refractivity contribution in [1.29, 1.82) is 10.5 Å². The molecule has 1 aliphatic rings. The number of aromatic nitrogens is 2. The zero-order chi connectivity index (χ0) is 26.7. The molecule has 4 rings (SSSR count). The van der Waals surface area contributed by atoms with E-state index in [1.54, 1.807) is 32.9 Å². The van der Waals surface area contributed by atoms with Crippen LogP contribution in [0.4, 0.5) is 15.0 Å². The number of hydrogen-bond donors (Lipinski definition) is 0. The summed E-state index contributed by atoms with van der Waals surface area (Å²) < 4.78 is 32.0. The van der Waals surface area contributed by atoms with Gasteiger partial charge in [0.2, 0.25) is 5.88 Å². The topological polar surface area (TPSA) is 130 Å². The molecule has 0 bridgehead atoms. The van der Waals surface area contributed by atoms with Crippen LogP contribution in [-0.4, -0.2) is 27.8 Å². The zero-order valence-corrected chi connectivity index (χ0v) is 20.3. The van der Waals surface area contributed by atoms with Gasteiger partial charge in [-0.3, -0.25) is 9.47 Å². The summed E-state index contributed by atoms with van der Waals surface area (Å²) in [5.74, 6) is -0.0721. The molecular weight excluding hydrogens is 481 g/mol. The Morgan fingerprint density at radius 3 is 2.51 bits per heavy atom. The van der Waals surface area contributed by atoms with Gasteiger partial charge in [0.05, 0.1) is 11.1 Å². The van der Waals surface area contributed by atoms with Crippen molar-refractivity contribution in [2.75, 3.05) is 11.4 Å². The molecule has 0 aliphatic carbocycles. The van der Waals surface area contributed by atoms with Gasteiger partial charge in [-0.25, -0.2) is 14.0 Å². The Balaban J connectivity index is 1.49. The number of amides is 1. The molecule has 0 radical (unpaired) electrons. The molecule has 37 heavy (non-hydrogen) atoms. The highest BCUT2D eigenvalue weighted by Gasteiger charge is 2.30. The highest BCUT2D eigenvalue weighted by Crippen LogP contribution is 2.28. The van der Waals surface area contributed by atoms with E-state index in [0.29, 0.717) is 11.4 Å². The maximum absolute atomic E-state index is 13.9. The van der Waals surface area contributed by atoms with Crippen molar-refractivity contribution in [3.05, 3.63) is 75.5 Å². The van der Waals surface area contributed by atoms with Crippen LogP contribution in [0.15, 0.2) is 47.3 Å². The standard InChI is InChI=1S/C26H22FN5O5/c1-26(2,3)37-25(34)32-9-8-31-23(32)12-22(30-24(31)33)35-15-16-4-7-21(18(10-16)14-29)36-19-6-5-17(13-28)20(27)11-19/h4-7,10-12H,8-9,15H2,1-3H3. The lowest BCUT2D eigenvalue weighted by Gasteiger charge is -2.24. The minimum Gasteiger partial charge on any atom is -0.473 e.